The fraction of sp³-hybridized carbons (Fsp3) is 0.631. The molecule has 2 aliphatic heterocycles. The highest BCUT2D eigenvalue weighted by Crippen LogP contribution is 2.30. The van der Waals surface area contributed by atoms with E-state index in [4.69, 9.17) is 9.72 Å². The van der Waals surface area contributed by atoms with Crippen LogP contribution in [0.5, 0.6) is 0 Å². The number of imide groups is 1. The average Bonchev–Trinajstić information content (AvgIpc) is 4.11. The minimum atomic E-state index is -0.565. The smallest absolute Gasteiger partial charge is 0.258 e. The van der Waals surface area contributed by atoms with E-state index in [1.165, 1.54) is 108 Å². The Balaban J connectivity index is 0.000000374. The van der Waals surface area contributed by atoms with Crippen LogP contribution in [0.25, 0.3) is 16.6 Å². The molecule has 0 radical (unpaired) electrons. The molecule has 1 unspecified atom stereocenters. The summed E-state index contributed by atoms with van der Waals surface area (Å²) in [6, 6.07) is 15.2. The third kappa shape index (κ3) is 24.5. The van der Waals surface area contributed by atoms with Crippen molar-refractivity contribution < 1.29 is 28.4 Å². The number of unbranched alkanes of at least 4 members (excludes halogenated alkanes) is 3. The van der Waals surface area contributed by atoms with E-state index >= 15 is 0 Å². The highest BCUT2D eigenvalue weighted by atomic mass is 16.5. The molecular formula is C65H106N7O5+. The van der Waals surface area contributed by atoms with Crippen LogP contribution in [0.15, 0.2) is 54.3 Å². The molecule has 4 aromatic rings. The summed E-state index contributed by atoms with van der Waals surface area (Å²) in [5.74, 6) is 2.56. The number of hydrogen-bond donors (Lipinski definition) is 2. The highest BCUT2D eigenvalue weighted by molar-refractivity contribution is 6.04. The first-order valence-electron chi connectivity index (χ1n) is 29.7. The molecule has 2 aromatic carbocycles. The van der Waals surface area contributed by atoms with Gasteiger partial charge >= 0.3 is 0 Å². The first-order valence-corrected chi connectivity index (χ1v) is 29.7. The van der Waals surface area contributed by atoms with Gasteiger partial charge in [-0.25, -0.2) is 4.98 Å². The predicted molar refractivity (Wildman–Crippen MR) is 323 cm³/mol. The molecule has 3 aliphatic rings. The lowest BCUT2D eigenvalue weighted by Gasteiger charge is -2.35. The Kier molecular flexibility index (Phi) is 32.3. The average molecular weight is 1070 g/mol. The molecule has 0 spiro atoms. The first-order chi connectivity index (χ1) is 36.7. The van der Waals surface area contributed by atoms with Gasteiger partial charge in [0.1, 0.15) is 18.3 Å². The minimum Gasteiger partial charge on any atom is -0.500 e. The molecule has 1 aliphatic carbocycles. The van der Waals surface area contributed by atoms with Gasteiger partial charge < -0.3 is 18.7 Å². The molecule has 12 heteroatoms. The molecule has 2 N–H and O–H groups in total. The number of rotatable bonds is 18. The number of nitrogens with zero attached hydrogens (tertiary/aromatic N) is 5. The maximum Gasteiger partial charge on any atom is 0.258 e. The van der Waals surface area contributed by atoms with Crippen LogP contribution in [0.2, 0.25) is 0 Å². The van der Waals surface area contributed by atoms with Crippen LogP contribution in [0, 0.1) is 39.5 Å². The number of piperidine rings is 1. The van der Waals surface area contributed by atoms with Crippen molar-refractivity contribution in [3.63, 3.8) is 0 Å². The second-order valence-electron chi connectivity index (χ2n) is 22.4. The van der Waals surface area contributed by atoms with Crippen LogP contribution in [0.1, 0.15) is 221 Å². The van der Waals surface area contributed by atoms with Crippen molar-refractivity contribution in [2.75, 3.05) is 39.6 Å². The van der Waals surface area contributed by atoms with Gasteiger partial charge in [-0.3, -0.25) is 34.8 Å². The molecule has 77 heavy (non-hydrogen) atoms. The molecule has 2 aromatic heterocycles. The number of imidazole rings is 1. The Morgan fingerprint density at radius 2 is 1.43 bits per heavy atom. The van der Waals surface area contributed by atoms with E-state index < -0.39 is 11.9 Å². The second kappa shape index (κ2) is 36.7. The Morgan fingerprint density at radius 3 is 1.99 bits per heavy atom. The van der Waals surface area contributed by atoms with E-state index in [2.05, 4.69) is 91.2 Å². The van der Waals surface area contributed by atoms with Crippen molar-refractivity contribution in [1.82, 2.24) is 24.8 Å². The van der Waals surface area contributed by atoms with Gasteiger partial charge in [-0.1, -0.05) is 188 Å². The number of aryl methyl sites for hydroxylation is 5. The lowest BCUT2D eigenvalue weighted by molar-refractivity contribution is -0.884. The number of methoxy groups -OCH3 is 1. The number of pyridine rings is 1. The summed E-state index contributed by atoms with van der Waals surface area (Å²) in [7, 11) is 8.01. The van der Waals surface area contributed by atoms with Crippen molar-refractivity contribution in [2.45, 2.75) is 218 Å². The van der Waals surface area contributed by atoms with Gasteiger partial charge in [-0.15, -0.1) is 0 Å². The molecule has 12 nitrogen and oxygen atoms in total. The van der Waals surface area contributed by atoms with E-state index in [0.717, 1.165) is 91.8 Å². The molecule has 1 saturated heterocycles. The largest absolute Gasteiger partial charge is 0.500 e. The van der Waals surface area contributed by atoms with Crippen LogP contribution in [0.4, 0.5) is 5.95 Å². The van der Waals surface area contributed by atoms with Gasteiger partial charge in [0.15, 0.2) is 0 Å². The van der Waals surface area contributed by atoms with E-state index in [1.54, 1.807) is 7.11 Å². The third-order valence-electron chi connectivity index (χ3n) is 15.1. The van der Waals surface area contributed by atoms with Crippen LogP contribution >= 0.6 is 0 Å². The number of likely N-dealkylation sites (N-methyl/N-ethyl adjacent to an activating group) is 1. The second-order valence-corrected chi connectivity index (χ2v) is 22.4. The first kappa shape index (κ1) is 67.7. The summed E-state index contributed by atoms with van der Waals surface area (Å²) in [6.07, 6.45) is 24.8. The van der Waals surface area contributed by atoms with Crippen molar-refractivity contribution in [2.24, 2.45) is 18.9 Å². The summed E-state index contributed by atoms with van der Waals surface area (Å²) < 4.78 is 8.43. The van der Waals surface area contributed by atoms with Gasteiger partial charge in [0.2, 0.25) is 24.2 Å². The lowest BCUT2D eigenvalue weighted by Crippen LogP contribution is -2.51. The topological polar surface area (TPSA) is 136 Å². The number of ether oxygens (including phenoxy) is 1. The molecule has 1 saturated carbocycles. The molecule has 2 fully saturated rings. The van der Waals surface area contributed by atoms with Crippen molar-refractivity contribution in [1.29, 1.82) is 0 Å². The van der Waals surface area contributed by atoms with Crippen LogP contribution in [0.3, 0.4) is 0 Å². The number of aromatic nitrogens is 3. The molecule has 4 amide bonds. The molecule has 2 atom stereocenters. The molecule has 7 rings (SSSR count). The van der Waals surface area contributed by atoms with Crippen LogP contribution in [-0.2, 0) is 32.7 Å². The summed E-state index contributed by atoms with van der Waals surface area (Å²) in [5.41, 5.74) is 9.41. The molecule has 430 valence electrons. The van der Waals surface area contributed by atoms with Crippen molar-refractivity contribution in [3.05, 3.63) is 93.5 Å². The Hall–Kier alpha value is -5.36. The number of benzene rings is 2. The Bertz CT molecular complexity index is 2400. The van der Waals surface area contributed by atoms with Gasteiger partial charge in [-0.2, -0.15) is 0 Å². The lowest BCUT2D eigenvalue weighted by atomic mass is 9.97. The summed E-state index contributed by atoms with van der Waals surface area (Å²) in [5, 5.41) is 5.25. The van der Waals surface area contributed by atoms with E-state index in [0.29, 0.717) is 30.9 Å². The van der Waals surface area contributed by atoms with Gasteiger partial charge in [-0.05, 0) is 86.9 Å². The predicted octanol–water partition coefficient (Wildman–Crippen LogP) is 15.3. The number of carbonyl (C=O) groups excluding carboxylic acids is 4. The number of carbonyl (C=O) groups is 4. The normalized spacial score (nSPS) is 15.9. The van der Waals surface area contributed by atoms with Crippen LogP contribution < -0.4 is 10.6 Å². The highest BCUT2D eigenvalue weighted by Gasteiger charge is 2.32. The van der Waals surface area contributed by atoms with Crippen molar-refractivity contribution in [3.8, 4) is 0 Å². The summed E-state index contributed by atoms with van der Waals surface area (Å²) in [4.78, 5) is 58.2. The molecule has 0 bridgehead atoms. The number of anilines is 1. The van der Waals surface area contributed by atoms with E-state index in [-0.39, 0.29) is 18.2 Å². The maximum atomic E-state index is 13.1. The minimum absolute atomic E-state index is 0.203. The Labute approximate surface area is 467 Å². The Morgan fingerprint density at radius 1 is 0.818 bits per heavy atom. The maximum absolute atomic E-state index is 13.1. The van der Waals surface area contributed by atoms with Gasteiger partial charge in [0.25, 0.3) is 5.91 Å². The fourth-order valence-corrected chi connectivity index (χ4v) is 9.36. The summed E-state index contributed by atoms with van der Waals surface area (Å²) >= 11 is 0. The number of hydrogen-bond acceptors (Lipinski definition) is 7. The van der Waals surface area contributed by atoms with E-state index in [1.807, 2.05) is 81.8 Å². The number of nitrogens with one attached hydrogen (secondary N) is 2. The molecule has 4 heterocycles. The van der Waals surface area contributed by atoms with Crippen LogP contribution in [-0.4, -0.2) is 88.4 Å². The zero-order chi connectivity index (χ0) is 57.5. The van der Waals surface area contributed by atoms with E-state index in [9.17, 15) is 19.2 Å². The van der Waals surface area contributed by atoms with Gasteiger partial charge in [0, 0.05) is 31.3 Å². The zero-order valence-corrected chi connectivity index (χ0v) is 51.3. The SMILES string of the molecule is C1CCCC1.CCCC.CCCCC(CC)CC.CCCC[C@H](C)CC.COC1=C(c2cc(C(=O)Nc3nc4ccc(C)cc4n3C)cc(C)n2)C[N+](C)(C)CC1.Cc1ccc(C)c(CN(C=O)C2CCC(=O)NC2=O)c1. The van der Waals surface area contributed by atoms with Crippen molar-refractivity contribution >= 4 is 46.7 Å². The number of quaternary nitrogens is 1. The zero-order valence-electron chi connectivity index (χ0n) is 51.3. The third-order valence-corrected chi connectivity index (χ3v) is 15.1. The monoisotopic (exact) mass is 1060 g/mol. The summed E-state index contributed by atoms with van der Waals surface area (Å²) in [6.45, 7) is 28.2. The van der Waals surface area contributed by atoms with Gasteiger partial charge in [0.05, 0.1) is 56.5 Å². The number of fused-ring (bicyclic) bond motifs is 1. The number of amides is 4. The standard InChI is InChI=1S/C24H29N5O2.C15H18N2O3.C9H20.C8H18.C5H10.C4H10/c1-15-7-8-19-21(11-15)28(3)24(26-19)27-23(30)17-12-16(2)25-20(13-17)18-14-29(4,5)10-9-22(18)31-6;1-10-3-4-11(2)12(7-10)8-17(9-18)13-5-6-14(19)16-15(13)20;1-4-7-8-9(5-2)6-3;1-4-6-7-8(3)5-2;1-2-4-5-3-1;1-3-4-2/h7-8,11-13H,9-10,14H2,1-6H3;3-4,7,9,13H,5-6,8H2,1-2H3,(H,16,19,20);9H,4-8H2,1-3H3;8H,4-7H2,1-3H3;1-5H2;3-4H2,1-2H3/p+1/t;;;8-;;/m...1../s1. The fourth-order valence-electron chi connectivity index (χ4n) is 9.36. The quantitative estimate of drug-likeness (QED) is 0.0575. The molecular weight excluding hydrogens is 959 g/mol.